The fourth-order valence-corrected chi connectivity index (χ4v) is 2.35. The van der Waals surface area contributed by atoms with Crippen molar-refractivity contribution in [3.05, 3.63) is 57.6 Å². The minimum Gasteiger partial charge on any atom is -0.493 e. The number of carbonyl (C=O) groups excluding carboxylic acids is 1. The molecule has 0 radical (unpaired) electrons. The molecule has 0 spiro atoms. The first-order valence-corrected chi connectivity index (χ1v) is 6.91. The molecule has 0 saturated heterocycles. The lowest BCUT2D eigenvalue weighted by molar-refractivity contribution is 0.112. The Morgan fingerprint density at radius 2 is 2.00 bits per heavy atom. The Morgan fingerprint density at radius 3 is 2.57 bits per heavy atom. The molecular formula is C16H12BrNO3. The number of rotatable bonds is 5. The summed E-state index contributed by atoms with van der Waals surface area (Å²) in [5.41, 5.74) is 2.04. The molecule has 2 aromatic carbocycles. The van der Waals surface area contributed by atoms with Gasteiger partial charge < -0.3 is 9.47 Å². The van der Waals surface area contributed by atoms with Gasteiger partial charge in [0.1, 0.15) is 12.9 Å². The van der Waals surface area contributed by atoms with Crippen LogP contribution in [0, 0.1) is 11.3 Å². The van der Waals surface area contributed by atoms with Gasteiger partial charge in [-0.05, 0) is 45.8 Å². The van der Waals surface area contributed by atoms with Crippen LogP contribution >= 0.6 is 15.9 Å². The number of methoxy groups -OCH3 is 1. The van der Waals surface area contributed by atoms with E-state index in [2.05, 4.69) is 22.0 Å². The maximum Gasteiger partial charge on any atom is 0.175 e. The fourth-order valence-electron chi connectivity index (χ4n) is 1.78. The van der Waals surface area contributed by atoms with E-state index >= 15 is 0 Å². The van der Waals surface area contributed by atoms with Crippen molar-refractivity contribution in [3.63, 3.8) is 0 Å². The SMILES string of the molecule is COc1cc(C=O)cc(Br)c1OCc1ccc(C#N)cc1. The van der Waals surface area contributed by atoms with Crippen molar-refractivity contribution in [2.75, 3.05) is 7.11 Å². The number of ether oxygens (including phenoxy) is 2. The van der Waals surface area contributed by atoms with Gasteiger partial charge in [-0.1, -0.05) is 12.1 Å². The Balaban J connectivity index is 2.19. The molecule has 4 nitrogen and oxygen atoms in total. The molecule has 21 heavy (non-hydrogen) atoms. The first kappa shape index (κ1) is 15.1. The van der Waals surface area contributed by atoms with Crippen LogP contribution in [0.25, 0.3) is 0 Å². The lowest BCUT2D eigenvalue weighted by atomic mass is 10.1. The Kier molecular flexibility index (Phi) is 4.96. The number of hydrogen-bond donors (Lipinski definition) is 0. The lowest BCUT2D eigenvalue weighted by Crippen LogP contribution is -1.99. The Morgan fingerprint density at radius 1 is 1.29 bits per heavy atom. The predicted molar refractivity (Wildman–Crippen MR) is 81.6 cm³/mol. The van der Waals surface area contributed by atoms with E-state index in [1.165, 1.54) is 7.11 Å². The molecule has 0 bridgehead atoms. The van der Waals surface area contributed by atoms with E-state index in [9.17, 15) is 4.79 Å². The molecule has 0 aliphatic rings. The number of halogens is 1. The first-order valence-electron chi connectivity index (χ1n) is 6.12. The number of nitrogens with zero attached hydrogens (tertiary/aromatic N) is 1. The number of benzene rings is 2. The summed E-state index contributed by atoms with van der Waals surface area (Å²) in [6.45, 7) is 0.334. The van der Waals surface area contributed by atoms with Gasteiger partial charge in [0.15, 0.2) is 11.5 Å². The highest BCUT2D eigenvalue weighted by molar-refractivity contribution is 9.10. The standard InChI is InChI=1S/C16H12BrNO3/c1-20-15-7-13(9-19)6-14(17)16(15)21-10-12-4-2-11(8-18)3-5-12/h2-7,9H,10H2,1H3. The lowest BCUT2D eigenvalue weighted by Gasteiger charge is -2.13. The maximum atomic E-state index is 10.8. The smallest absolute Gasteiger partial charge is 0.175 e. The van der Waals surface area contributed by atoms with Gasteiger partial charge >= 0.3 is 0 Å². The van der Waals surface area contributed by atoms with Crippen molar-refractivity contribution in [2.45, 2.75) is 6.61 Å². The van der Waals surface area contributed by atoms with Crippen molar-refractivity contribution >= 4 is 22.2 Å². The van der Waals surface area contributed by atoms with E-state index in [4.69, 9.17) is 14.7 Å². The van der Waals surface area contributed by atoms with Gasteiger partial charge in [-0.2, -0.15) is 5.26 Å². The van der Waals surface area contributed by atoms with Crippen molar-refractivity contribution < 1.29 is 14.3 Å². The van der Waals surface area contributed by atoms with Crippen LogP contribution in [0.15, 0.2) is 40.9 Å². The molecule has 0 aliphatic heterocycles. The zero-order chi connectivity index (χ0) is 15.2. The molecule has 0 amide bonds. The van der Waals surface area contributed by atoms with Gasteiger partial charge in [-0.25, -0.2) is 0 Å². The van der Waals surface area contributed by atoms with Crippen LogP contribution in [0.2, 0.25) is 0 Å². The summed E-state index contributed by atoms with van der Waals surface area (Å²) in [6, 6.07) is 12.5. The van der Waals surface area contributed by atoms with Gasteiger partial charge in [0.25, 0.3) is 0 Å². The average molecular weight is 346 g/mol. The molecule has 0 aromatic heterocycles. The summed E-state index contributed by atoms with van der Waals surface area (Å²) < 4.78 is 11.6. The predicted octanol–water partition coefficient (Wildman–Crippen LogP) is 3.72. The Hall–Kier alpha value is -2.32. The summed E-state index contributed by atoms with van der Waals surface area (Å²) in [6.07, 6.45) is 0.748. The molecule has 0 atom stereocenters. The topological polar surface area (TPSA) is 59.3 Å². The van der Waals surface area contributed by atoms with Crippen molar-refractivity contribution in [1.82, 2.24) is 0 Å². The van der Waals surface area contributed by atoms with Crippen molar-refractivity contribution in [2.24, 2.45) is 0 Å². The third kappa shape index (κ3) is 3.61. The second-order valence-corrected chi connectivity index (χ2v) is 5.10. The molecule has 106 valence electrons. The van der Waals surface area contributed by atoms with Gasteiger partial charge in [0.05, 0.1) is 23.2 Å². The minimum atomic E-state index is 0.334. The van der Waals surface area contributed by atoms with Crippen LogP contribution in [0.1, 0.15) is 21.5 Å². The minimum absolute atomic E-state index is 0.334. The highest BCUT2D eigenvalue weighted by Gasteiger charge is 2.11. The van der Waals surface area contributed by atoms with Crippen molar-refractivity contribution in [1.29, 1.82) is 5.26 Å². The highest BCUT2D eigenvalue weighted by atomic mass is 79.9. The summed E-state index contributed by atoms with van der Waals surface area (Å²) >= 11 is 3.37. The Labute approximate surface area is 131 Å². The van der Waals surface area contributed by atoms with E-state index < -0.39 is 0 Å². The van der Waals surface area contributed by atoms with Gasteiger partial charge in [0, 0.05) is 5.56 Å². The van der Waals surface area contributed by atoms with Gasteiger partial charge in [0.2, 0.25) is 0 Å². The van der Waals surface area contributed by atoms with E-state index in [0.717, 1.165) is 11.8 Å². The summed E-state index contributed by atoms with van der Waals surface area (Å²) in [7, 11) is 1.52. The number of hydrogen-bond acceptors (Lipinski definition) is 4. The third-order valence-corrected chi connectivity index (χ3v) is 3.44. The van der Waals surface area contributed by atoms with Crippen LogP contribution in [-0.2, 0) is 6.61 Å². The third-order valence-electron chi connectivity index (χ3n) is 2.85. The zero-order valence-electron chi connectivity index (χ0n) is 11.3. The molecule has 0 N–H and O–H groups in total. The van der Waals surface area contributed by atoms with E-state index in [1.54, 1.807) is 24.3 Å². The molecule has 0 heterocycles. The van der Waals surface area contributed by atoms with Crippen LogP contribution in [0.5, 0.6) is 11.5 Å². The quantitative estimate of drug-likeness (QED) is 0.775. The molecule has 2 aromatic rings. The van der Waals surface area contributed by atoms with Gasteiger partial charge in [-0.15, -0.1) is 0 Å². The first-order chi connectivity index (χ1) is 10.2. The van der Waals surface area contributed by atoms with Crippen LogP contribution in [0.3, 0.4) is 0 Å². The maximum absolute atomic E-state index is 10.8. The Bertz CT molecular complexity index is 690. The van der Waals surface area contributed by atoms with E-state index in [-0.39, 0.29) is 0 Å². The largest absolute Gasteiger partial charge is 0.493 e. The van der Waals surface area contributed by atoms with Crippen LogP contribution < -0.4 is 9.47 Å². The second-order valence-electron chi connectivity index (χ2n) is 4.25. The molecule has 0 saturated carbocycles. The number of nitriles is 1. The summed E-state index contributed by atoms with van der Waals surface area (Å²) in [5, 5.41) is 8.76. The van der Waals surface area contributed by atoms with Gasteiger partial charge in [-0.3, -0.25) is 4.79 Å². The summed E-state index contributed by atoms with van der Waals surface area (Å²) in [5.74, 6) is 1.02. The molecule has 0 aliphatic carbocycles. The van der Waals surface area contributed by atoms with E-state index in [0.29, 0.717) is 33.7 Å². The monoisotopic (exact) mass is 345 g/mol. The van der Waals surface area contributed by atoms with E-state index in [1.807, 2.05) is 12.1 Å². The highest BCUT2D eigenvalue weighted by Crippen LogP contribution is 2.36. The molecule has 2 rings (SSSR count). The van der Waals surface area contributed by atoms with Crippen LogP contribution in [0.4, 0.5) is 0 Å². The van der Waals surface area contributed by atoms with Crippen molar-refractivity contribution in [3.8, 4) is 17.6 Å². The number of carbonyl (C=O) groups is 1. The molecular weight excluding hydrogens is 334 g/mol. The normalized spacial score (nSPS) is 9.76. The zero-order valence-corrected chi connectivity index (χ0v) is 12.9. The average Bonchev–Trinajstić information content (AvgIpc) is 2.53. The van der Waals surface area contributed by atoms with Crippen LogP contribution in [-0.4, -0.2) is 13.4 Å². The number of aldehydes is 1. The molecule has 5 heteroatoms. The molecule has 0 unspecified atom stereocenters. The molecule has 0 fully saturated rings. The fraction of sp³-hybridized carbons (Fsp3) is 0.125. The summed E-state index contributed by atoms with van der Waals surface area (Å²) in [4.78, 5) is 10.8. The second kappa shape index (κ2) is 6.91.